The van der Waals surface area contributed by atoms with Crippen LogP contribution in [0.1, 0.15) is 40.7 Å². The Hall–Kier alpha value is -3.18. The molecule has 1 fully saturated rings. The van der Waals surface area contributed by atoms with Crippen LogP contribution in [-0.4, -0.2) is 23.9 Å². The number of hydrogen-bond donors (Lipinski definition) is 1. The lowest BCUT2D eigenvalue weighted by Crippen LogP contribution is -2.29. The molecule has 3 aromatic carbocycles. The van der Waals surface area contributed by atoms with Crippen molar-refractivity contribution in [2.24, 2.45) is 0 Å². The lowest BCUT2D eigenvalue weighted by atomic mass is 10.1. The van der Waals surface area contributed by atoms with Gasteiger partial charge in [-0.05, 0) is 67.4 Å². The van der Waals surface area contributed by atoms with Gasteiger partial charge in [-0.3, -0.25) is 9.69 Å². The minimum absolute atomic E-state index is 0.0633. The summed E-state index contributed by atoms with van der Waals surface area (Å²) in [7, 11) is 0. The number of nitrogens with one attached hydrogen (secondary N) is 1. The van der Waals surface area contributed by atoms with Crippen molar-refractivity contribution in [1.29, 1.82) is 0 Å². The first-order valence-electron chi connectivity index (χ1n) is 10.8. The molecule has 1 aliphatic rings. The number of halogens is 1. The summed E-state index contributed by atoms with van der Waals surface area (Å²) in [6.07, 6.45) is 3.86. The van der Waals surface area contributed by atoms with E-state index >= 15 is 0 Å². The quantitative estimate of drug-likeness (QED) is 0.540. The van der Waals surface area contributed by atoms with Crippen molar-refractivity contribution >= 4 is 11.6 Å². The van der Waals surface area contributed by atoms with Crippen molar-refractivity contribution in [3.63, 3.8) is 0 Å². The average Bonchev–Trinajstić information content (AvgIpc) is 2.81. The maximum absolute atomic E-state index is 14.1. The number of carbonyl (C=O) groups is 1. The number of likely N-dealkylation sites (tertiary alicyclic amines) is 1. The van der Waals surface area contributed by atoms with Crippen LogP contribution in [0.4, 0.5) is 10.1 Å². The molecule has 0 atom stereocenters. The summed E-state index contributed by atoms with van der Waals surface area (Å²) < 4.78 is 19.7. The minimum atomic E-state index is -0.491. The number of carbonyl (C=O) groups excluding carboxylic acids is 1. The molecular weight excluding hydrogens is 391 g/mol. The summed E-state index contributed by atoms with van der Waals surface area (Å²) >= 11 is 0. The van der Waals surface area contributed by atoms with Gasteiger partial charge in [-0.25, -0.2) is 4.39 Å². The fourth-order valence-corrected chi connectivity index (χ4v) is 3.76. The zero-order valence-corrected chi connectivity index (χ0v) is 17.5. The highest BCUT2D eigenvalue weighted by Crippen LogP contribution is 2.22. The second kappa shape index (κ2) is 10.2. The number of benzene rings is 3. The van der Waals surface area contributed by atoms with Crippen LogP contribution >= 0.6 is 0 Å². The molecule has 1 aliphatic heterocycles. The molecule has 1 heterocycles. The lowest BCUT2D eigenvalue weighted by Gasteiger charge is -2.26. The molecule has 5 heteroatoms. The maximum Gasteiger partial charge on any atom is 0.255 e. The molecule has 1 N–H and O–H groups in total. The topological polar surface area (TPSA) is 41.6 Å². The highest BCUT2D eigenvalue weighted by molar-refractivity contribution is 6.04. The van der Waals surface area contributed by atoms with Gasteiger partial charge in [-0.2, -0.15) is 0 Å². The van der Waals surface area contributed by atoms with Crippen LogP contribution in [0.3, 0.4) is 0 Å². The molecule has 0 radical (unpaired) electrons. The van der Waals surface area contributed by atoms with Crippen molar-refractivity contribution in [3.8, 4) is 5.75 Å². The predicted octanol–water partition coefficient (Wildman–Crippen LogP) is 5.64. The van der Waals surface area contributed by atoms with Crippen molar-refractivity contribution in [2.45, 2.75) is 32.4 Å². The molecule has 31 heavy (non-hydrogen) atoms. The van der Waals surface area contributed by atoms with Gasteiger partial charge in [-0.1, -0.05) is 48.9 Å². The molecule has 0 bridgehead atoms. The Morgan fingerprint density at radius 1 is 0.903 bits per heavy atom. The number of ether oxygens (including phenoxy) is 1. The minimum Gasteiger partial charge on any atom is -0.486 e. The second-order valence-corrected chi connectivity index (χ2v) is 7.91. The molecule has 4 nitrogen and oxygen atoms in total. The molecule has 3 aromatic rings. The number of piperidine rings is 1. The summed E-state index contributed by atoms with van der Waals surface area (Å²) in [5.41, 5.74) is 3.23. The zero-order valence-electron chi connectivity index (χ0n) is 17.5. The van der Waals surface area contributed by atoms with E-state index in [1.165, 1.54) is 43.0 Å². The van der Waals surface area contributed by atoms with Gasteiger partial charge in [0.1, 0.15) is 6.61 Å². The van der Waals surface area contributed by atoms with E-state index in [0.29, 0.717) is 11.3 Å². The summed E-state index contributed by atoms with van der Waals surface area (Å²) in [6.45, 7) is 3.48. The van der Waals surface area contributed by atoms with E-state index in [2.05, 4.69) is 10.2 Å². The van der Waals surface area contributed by atoms with Crippen LogP contribution in [0.15, 0.2) is 72.8 Å². The van der Waals surface area contributed by atoms with Gasteiger partial charge in [0.15, 0.2) is 11.6 Å². The van der Waals surface area contributed by atoms with Crippen LogP contribution in [0.2, 0.25) is 0 Å². The second-order valence-electron chi connectivity index (χ2n) is 7.91. The monoisotopic (exact) mass is 418 g/mol. The van der Waals surface area contributed by atoms with Gasteiger partial charge in [0.05, 0.1) is 0 Å². The van der Waals surface area contributed by atoms with E-state index in [-0.39, 0.29) is 18.3 Å². The van der Waals surface area contributed by atoms with E-state index in [4.69, 9.17) is 4.74 Å². The fourth-order valence-electron chi connectivity index (χ4n) is 3.76. The van der Waals surface area contributed by atoms with Gasteiger partial charge < -0.3 is 10.1 Å². The Bertz CT molecular complexity index is 1000. The van der Waals surface area contributed by atoms with Gasteiger partial charge in [-0.15, -0.1) is 0 Å². The molecule has 0 saturated carbocycles. The van der Waals surface area contributed by atoms with Crippen LogP contribution in [0.25, 0.3) is 0 Å². The van der Waals surface area contributed by atoms with Gasteiger partial charge in [0.2, 0.25) is 0 Å². The predicted molar refractivity (Wildman–Crippen MR) is 121 cm³/mol. The van der Waals surface area contributed by atoms with Gasteiger partial charge in [0, 0.05) is 17.8 Å². The van der Waals surface area contributed by atoms with Crippen LogP contribution in [-0.2, 0) is 13.2 Å². The molecule has 1 amide bonds. The van der Waals surface area contributed by atoms with E-state index in [0.717, 1.165) is 25.2 Å². The van der Waals surface area contributed by atoms with Gasteiger partial charge in [0.25, 0.3) is 5.91 Å². The van der Waals surface area contributed by atoms with E-state index < -0.39 is 5.82 Å². The van der Waals surface area contributed by atoms with Gasteiger partial charge >= 0.3 is 0 Å². The third-order valence-electron chi connectivity index (χ3n) is 5.50. The van der Waals surface area contributed by atoms with E-state index in [1.807, 2.05) is 54.6 Å². The Labute approximate surface area is 182 Å². The normalized spacial score (nSPS) is 14.2. The van der Waals surface area contributed by atoms with Crippen molar-refractivity contribution in [3.05, 3.63) is 95.3 Å². The highest BCUT2D eigenvalue weighted by Gasteiger charge is 2.13. The third kappa shape index (κ3) is 5.92. The highest BCUT2D eigenvalue weighted by atomic mass is 19.1. The summed E-state index contributed by atoms with van der Waals surface area (Å²) in [5.74, 6) is -0.726. The SMILES string of the molecule is O=C(Nc1ccc(CN2CCCCC2)cc1)c1ccc(F)c(OCc2ccccc2)c1. The number of rotatable bonds is 7. The number of nitrogens with zero attached hydrogens (tertiary/aromatic N) is 1. The lowest BCUT2D eigenvalue weighted by molar-refractivity contribution is 0.102. The first-order chi connectivity index (χ1) is 15.2. The fraction of sp³-hybridized carbons (Fsp3) is 0.269. The average molecular weight is 419 g/mol. The number of anilines is 1. The molecule has 0 aromatic heterocycles. The molecular formula is C26H27FN2O2. The van der Waals surface area contributed by atoms with Crippen LogP contribution < -0.4 is 10.1 Å². The zero-order chi connectivity index (χ0) is 21.5. The van der Waals surface area contributed by atoms with Crippen LogP contribution in [0.5, 0.6) is 5.75 Å². The summed E-state index contributed by atoms with van der Waals surface area (Å²) in [4.78, 5) is 15.1. The van der Waals surface area contributed by atoms with Crippen molar-refractivity contribution in [2.75, 3.05) is 18.4 Å². The Morgan fingerprint density at radius 3 is 2.39 bits per heavy atom. The molecule has 0 aliphatic carbocycles. The van der Waals surface area contributed by atoms with E-state index in [1.54, 1.807) is 0 Å². The standard InChI is InChI=1S/C26H27FN2O2/c27-24-14-11-22(17-25(24)31-19-21-7-3-1-4-8-21)26(30)28-23-12-9-20(10-13-23)18-29-15-5-2-6-16-29/h1,3-4,7-14,17H,2,5-6,15-16,18-19H2,(H,28,30). The van der Waals surface area contributed by atoms with Crippen molar-refractivity contribution in [1.82, 2.24) is 4.90 Å². The first-order valence-corrected chi connectivity index (χ1v) is 10.8. The molecule has 160 valence electrons. The Balaban J connectivity index is 1.36. The Morgan fingerprint density at radius 2 is 1.65 bits per heavy atom. The Kier molecular flexibility index (Phi) is 6.95. The first kappa shape index (κ1) is 21.1. The molecule has 0 unspecified atom stereocenters. The number of hydrogen-bond acceptors (Lipinski definition) is 3. The molecule has 1 saturated heterocycles. The molecule has 4 rings (SSSR count). The third-order valence-corrected chi connectivity index (χ3v) is 5.50. The summed E-state index contributed by atoms with van der Waals surface area (Å²) in [5, 5.41) is 2.88. The summed E-state index contributed by atoms with van der Waals surface area (Å²) in [6, 6.07) is 21.6. The van der Waals surface area contributed by atoms with Crippen LogP contribution in [0, 0.1) is 5.82 Å². The maximum atomic E-state index is 14.1. The largest absolute Gasteiger partial charge is 0.486 e. The molecule has 0 spiro atoms. The van der Waals surface area contributed by atoms with E-state index in [9.17, 15) is 9.18 Å². The number of amides is 1. The van der Waals surface area contributed by atoms with Crippen molar-refractivity contribution < 1.29 is 13.9 Å². The smallest absolute Gasteiger partial charge is 0.255 e.